The highest BCUT2D eigenvalue weighted by molar-refractivity contribution is 7.99. The quantitative estimate of drug-likeness (QED) is 0.851. The van der Waals surface area contributed by atoms with Crippen LogP contribution >= 0.6 is 11.8 Å². The number of nitrogens with zero attached hydrogens (tertiary/aromatic N) is 4. The van der Waals surface area contributed by atoms with Crippen LogP contribution in [0.5, 0.6) is 0 Å². The minimum absolute atomic E-state index is 0.144. The summed E-state index contributed by atoms with van der Waals surface area (Å²) < 4.78 is 0. The van der Waals surface area contributed by atoms with Gasteiger partial charge < -0.3 is 5.11 Å². The Bertz CT molecular complexity index is 682. The number of carboxylic acid groups (broad SMARTS) is 1. The van der Waals surface area contributed by atoms with Crippen LogP contribution in [0.25, 0.3) is 0 Å². The summed E-state index contributed by atoms with van der Waals surface area (Å²) >= 11 is 1.12. The average molecular weight is 272 g/mol. The lowest BCUT2D eigenvalue weighted by atomic mass is 10.3. The number of aromatic carboxylic acids is 1. The van der Waals surface area contributed by atoms with Gasteiger partial charge in [-0.05, 0) is 36.9 Å². The van der Waals surface area contributed by atoms with Crippen molar-refractivity contribution in [2.24, 2.45) is 0 Å². The summed E-state index contributed by atoms with van der Waals surface area (Å²) in [4.78, 5) is 23.1. The highest BCUT2D eigenvalue weighted by atomic mass is 32.2. The molecule has 6 nitrogen and oxygen atoms in total. The van der Waals surface area contributed by atoms with E-state index in [4.69, 9.17) is 10.4 Å². The maximum atomic E-state index is 10.8. The van der Waals surface area contributed by atoms with Crippen molar-refractivity contribution in [3.8, 4) is 6.07 Å². The van der Waals surface area contributed by atoms with E-state index in [9.17, 15) is 4.79 Å². The van der Waals surface area contributed by atoms with E-state index in [-0.39, 0.29) is 11.3 Å². The number of rotatable bonds is 3. The van der Waals surface area contributed by atoms with E-state index in [1.807, 2.05) is 6.07 Å². The monoisotopic (exact) mass is 272 g/mol. The van der Waals surface area contributed by atoms with Crippen molar-refractivity contribution in [1.82, 2.24) is 15.0 Å². The van der Waals surface area contributed by atoms with Crippen LogP contribution in [0.2, 0.25) is 0 Å². The summed E-state index contributed by atoms with van der Waals surface area (Å²) in [5, 5.41) is 18.6. The molecule has 0 saturated carbocycles. The number of carboxylic acids is 1. The molecule has 7 heteroatoms. The molecule has 0 saturated heterocycles. The van der Waals surface area contributed by atoms with Gasteiger partial charge in [-0.2, -0.15) is 5.26 Å². The number of pyridine rings is 1. The summed E-state index contributed by atoms with van der Waals surface area (Å²) in [6.45, 7) is 1.76. The number of aromatic nitrogens is 3. The average Bonchev–Trinajstić information content (AvgIpc) is 2.38. The van der Waals surface area contributed by atoms with E-state index in [1.54, 1.807) is 13.0 Å². The molecule has 2 aromatic heterocycles. The third-order valence-corrected chi connectivity index (χ3v) is 2.92. The van der Waals surface area contributed by atoms with Gasteiger partial charge >= 0.3 is 5.97 Å². The van der Waals surface area contributed by atoms with E-state index in [1.165, 1.54) is 18.3 Å². The molecule has 2 aromatic rings. The Morgan fingerprint density at radius 2 is 2.21 bits per heavy atom. The zero-order valence-electron chi connectivity index (χ0n) is 9.86. The molecule has 1 N–H and O–H groups in total. The van der Waals surface area contributed by atoms with Crippen LogP contribution in [0.3, 0.4) is 0 Å². The van der Waals surface area contributed by atoms with Crippen LogP contribution < -0.4 is 0 Å². The Balaban J connectivity index is 2.31. The predicted molar refractivity (Wildman–Crippen MR) is 66.8 cm³/mol. The number of carbonyl (C=O) groups is 1. The fourth-order valence-corrected chi connectivity index (χ4v) is 2.16. The fourth-order valence-electron chi connectivity index (χ4n) is 1.34. The SMILES string of the molecule is Cc1cc(C#N)nc(Sc2cc(C(=O)O)ccn2)n1. The normalized spacial score (nSPS) is 9.89. The van der Waals surface area contributed by atoms with Gasteiger partial charge in [0.2, 0.25) is 0 Å². The minimum Gasteiger partial charge on any atom is -0.478 e. The Labute approximate surface area is 113 Å². The van der Waals surface area contributed by atoms with Crippen LogP contribution in [0.15, 0.2) is 34.6 Å². The lowest BCUT2D eigenvalue weighted by Gasteiger charge is -2.02. The second kappa shape index (κ2) is 5.46. The van der Waals surface area contributed by atoms with Crippen LogP contribution in [0, 0.1) is 18.3 Å². The Hall–Kier alpha value is -2.46. The van der Waals surface area contributed by atoms with Crippen molar-refractivity contribution < 1.29 is 9.90 Å². The van der Waals surface area contributed by atoms with Crippen molar-refractivity contribution in [3.05, 3.63) is 41.3 Å². The summed E-state index contributed by atoms with van der Waals surface area (Å²) in [5.74, 6) is -1.02. The van der Waals surface area contributed by atoms with Crippen molar-refractivity contribution in [2.45, 2.75) is 17.1 Å². The van der Waals surface area contributed by atoms with Crippen LogP contribution in [0.4, 0.5) is 0 Å². The molecule has 0 aliphatic heterocycles. The summed E-state index contributed by atoms with van der Waals surface area (Å²) in [6, 6.07) is 6.36. The van der Waals surface area contributed by atoms with Crippen molar-refractivity contribution in [3.63, 3.8) is 0 Å². The smallest absolute Gasteiger partial charge is 0.335 e. The first-order valence-corrected chi connectivity index (χ1v) is 6.03. The number of aryl methyl sites for hydroxylation is 1. The topological polar surface area (TPSA) is 99.8 Å². The molecule has 0 amide bonds. The molecule has 0 aliphatic rings. The van der Waals surface area contributed by atoms with E-state index < -0.39 is 5.97 Å². The number of hydrogen-bond acceptors (Lipinski definition) is 6. The maximum absolute atomic E-state index is 10.8. The molecule has 0 atom stereocenters. The highest BCUT2D eigenvalue weighted by Gasteiger charge is 2.08. The molecule has 0 spiro atoms. The molecule has 94 valence electrons. The largest absolute Gasteiger partial charge is 0.478 e. The Morgan fingerprint density at radius 1 is 1.42 bits per heavy atom. The van der Waals surface area contributed by atoms with Crippen molar-refractivity contribution in [2.75, 3.05) is 0 Å². The predicted octanol–water partition coefficient (Wildman–Crippen LogP) is 1.90. The first-order chi connectivity index (χ1) is 9.08. The zero-order valence-corrected chi connectivity index (χ0v) is 10.7. The van der Waals surface area contributed by atoms with E-state index in [0.29, 0.717) is 15.9 Å². The van der Waals surface area contributed by atoms with Gasteiger partial charge in [-0.25, -0.2) is 19.7 Å². The summed E-state index contributed by atoms with van der Waals surface area (Å²) in [5.41, 5.74) is 1.08. The number of nitriles is 1. The van der Waals surface area contributed by atoms with E-state index in [0.717, 1.165) is 11.8 Å². The Morgan fingerprint density at radius 3 is 2.89 bits per heavy atom. The molecule has 2 rings (SSSR count). The van der Waals surface area contributed by atoms with E-state index >= 15 is 0 Å². The van der Waals surface area contributed by atoms with Gasteiger partial charge in [0.15, 0.2) is 5.16 Å². The molecular formula is C12H8N4O2S. The third kappa shape index (κ3) is 3.26. The molecule has 19 heavy (non-hydrogen) atoms. The number of hydrogen-bond donors (Lipinski definition) is 1. The molecule has 0 aromatic carbocycles. The van der Waals surface area contributed by atoms with Gasteiger partial charge in [0.05, 0.1) is 5.56 Å². The van der Waals surface area contributed by atoms with Crippen molar-refractivity contribution >= 4 is 17.7 Å². The first-order valence-electron chi connectivity index (χ1n) is 5.21. The summed E-state index contributed by atoms with van der Waals surface area (Å²) in [7, 11) is 0. The summed E-state index contributed by atoms with van der Waals surface area (Å²) in [6.07, 6.45) is 1.41. The lowest BCUT2D eigenvalue weighted by Crippen LogP contribution is -1.98. The van der Waals surface area contributed by atoms with Crippen molar-refractivity contribution in [1.29, 1.82) is 5.26 Å². The van der Waals surface area contributed by atoms with Gasteiger partial charge in [0.25, 0.3) is 0 Å². The van der Waals surface area contributed by atoms with Gasteiger partial charge in [-0.15, -0.1) is 0 Å². The molecule has 0 radical (unpaired) electrons. The Kier molecular flexibility index (Phi) is 3.73. The molecule has 0 fully saturated rings. The van der Waals surface area contributed by atoms with E-state index in [2.05, 4.69) is 15.0 Å². The van der Waals surface area contributed by atoms with Gasteiger partial charge in [0.1, 0.15) is 16.8 Å². The second-order valence-corrected chi connectivity index (χ2v) is 4.57. The van der Waals surface area contributed by atoms with Gasteiger partial charge in [-0.3, -0.25) is 0 Å². The molecule has 0 unspecified atom stereocenters. The molecule has 0 aliphatic carbocycles. The molecule has 2 heterocycles. The fraction of sp³-hybridized carbons (Fsp3) is 0.0833. The zero-order chi connectivity index (χ0) is 13.8. The third-order valence-electron chi connectivity index (χ3n) is 2.13. The van der Waals surface area contributed by atoms with Crippen LogP contribution in [0.1, 0.15) is 21.7 Å². The molecular weight excluding hydrogens is 264 g/mol. The lowest BCUT2D eigenvalue weighted by molar-refractivity contribution is 0.0696. The van der Waals surface area contributed by atoms with Gasteiger partial charge in [-0.1, -0.05) is 0 Å². The standard InChI is InChI=1S/C12H8N4O2S/c1-7-4-9(6-13)16-12(15-7)19-10-5-8(11(17)18)2-3-14-10/h2-5H,1H3,(H,17,18). The van der Waals surface area contributed by atoms with Gasteiger partial charge in [0, 0.05) is 11.9 Å². The van der Waals surface area contributed by atoms with Crippen LogP contribution in [-0.2, 0) is 0 Å². The maximum Gasteiger partial charge on any atom is 0.335 e. The second-order valence-electron chi connectivity index (χ2n) is 3.58. The molecule has 0 bridgehead atoms. The van der Waals surface area contributed by atoms with Crippen LogP contribution in [-0.4, -0.2) is 26.0 Å². The highest BCUT2D eigenvalue weighted by Crippen LogP contribution is 2.23. The first kappa shape index (κ1) is 13.0. The minimum atomic E-state index is -1.02.